The Balaban J connectivity index is 0.000000263. The maximum atomic E-state index is 4.61. The second-order valence-electron chi connectivity index (χ2n) is 8.58. The number of rotatable bonds is 0. The van der Waals surface area contributed by atoms with Gasteiger partial charge in [-0.3, -0.25) is 15.0 Å². The molecule has 6 heterocycles. The van der Waals surface area contributed by atoms with Crippen molar-refractivity contribution < 1.29 is 8.94 Å². The zero-order chi connectivity index (χ0) is 32.8. The van der Waals surface area contributed by atoms with Gasteiger partial charge < -0.3 is 8.94 Å². The molecular weight excluding hydrogens is 570 g/mol. The Labute approximate surface area is 263 Å². The molecule has 1 aromatic carbocycles. The number of aromatic nitrogens is 11. The first-order valence-electron chi connectivity index (χ1n) is 13.6. The third-order valence-electron chi connectivity index (χ3n) is 4.53. The zero-order valence-corrected chi connectivity index (χ0v) is 26.3. The van der Waals surface area contributed by atoms with Crippen LogP contribution in [-0.4, -0.2) is 55.9 Å². The number of H-pyrrole nitrogens is 1. The van der Waals surface area contributed by atoms with Crippen molar-refractivity contribution in [3.8, 4) is 0 Å². The normalized spacial score (nSPS) is 8.67. The smallest absolute Gasteiger partial charge is 0.213 e. The predicted octanol–water partition coefficient (Wildman–Crippen LogP) is 6.12. The molecule has 0 unspecified atom stereocenters. The molecule has 0 spiro atoms. The highest BCUT2D eigenvalue weighted by Gasteiger charge is 1.80. The maximum Gasteiger partial charge on any atom is 0.213 e. The second kappa shape index (κ2) is 25.7. The van der Waals surface area contributed by atoms with Gasteiger partial charge in [-0.1, -0.05) is 58.9 Å². The number of aromatic amines is 1. The molecule has 0 bridgehead atoms. The number of aryl methyl sites for hydroxylation is 6. The monoisotopic (exact) mass is 609 g/mol. The summed E-state index contributed by atoms with van der Waals surface area (Å²) in [5, 5.41) is 23.1. The molecule has 0 amide bonds. The fourth-order valence-corrected chi connectivity index (χ4v) is 2.37. The minimum atomic E-state index is 0.606. The average molecular weight is 610 g/mol. The summed E-state index contributed by atoms with van der Waals surface area (Å²) in [6.45, 7) is 11.3. The van der Waals surface area contributed by atoms with Crippen molar-refractivity contribution in [1.29, 1.82) is 0 Å². The first-order valence-corrected chi connectivity index (χ1v) is 13.6. The minimum Gasteiger partial charge on any atom is -0.428 e. The van der Waals surface area contributed by atoms with E-state index in [1.165, 1.54) is 23.9 Å². The summed E-state index contributed by atoms with van der Waals surface area (Å²) < 4.78 is 8.96. The largest absolute Gasteiger partial charge is 0.428 e. The van der Waals surface area contributed by atoms with Crippen molar-refractivity contribution in [3.05, 3.63) is 157 Å². The molecule has 0 saturated carbocycles. The van der Waals surface area contributed by atoms with E-state index in [0.717, 1.165) is 5.69 Å². The van der Waals surface area contributed by atoms with Gasteiger partial charge in [-0.15, -0.1) is 20.4 Å². The topological polar surface area (TPSA) is 171 Å². The van der Waals surface area contributed by atoms with E-state index in [1.54, 1.807) is 45.6 Å². The number of hydrogen-bond donors (Lipinski definition) is 1. The van der Waals surface area contributed by atoms with Crippen LogP contribution in [0.25, 0.3) is 0 Å². The highest BCUT2D eigenvalue weighted by atomic mass is 16.5. The van der Waals surface area contributed by atoms with Crippen molar-refractivity contribution in [3.63, 3.8) is 0 Å². The highest BCUT2D eigenvalue weighted by molar-refractivity contribution is 5.06. The molecule has 13 heteroatoms. The number of pyridine rings is 3. The minimum absolute atomic E-state index is 0.606. The van der Waals surface area contributed by atoms with Crippen LogP contribution in [-0.2, 0) is 0 Å². The second-order valence-corrected chi connectivity index (χ2v) is 8.58. The molecule has 13 nitrogen and oxygen atoms in total. The van der Waals surface area contributed by atoms with Crippen molar-refractivity contribution >= 4 is 0 Å². The van der Waals surface area contributed by atoms with Gasteiger partial charge in [0.25, 0.3) is 0 Å². The molecule has 0 saturated heterocycles. The van der Waals surface area contributed by atoms with Crippen LogP contribution < -0.4 is 0 Å². The van der Waals surface area contributed by atoms with E-state index in [-0.39, 0.29) is 0 Å². The van der Waals surface area contributed by atoms with Crippen LogP contribution >= 0.6 is 0 Å². The lowest BCUT2D eigenvalue weighted by Gasteiger charge is -1.82. The molecular formula is C32H39N11O2. The SMILES string of the molecule is Cc1ccccn1.Cc1cccnc1.Cc1ccncc1.Cc1ncon1.Cc1nn[nH]n1.Cc1nnco1.c1ccccc1. The molecule has 7 aromatic rings. The first kappa shape index (κ1) is 37.0. The van der Waals surface area contributed by atoms with Crippen molar-refractivity contribution in [2.75, 3.05) is 0 Å². The standard InChI is InChI=1S/3C6H7N.C6H6.2C3H4N2O.C2H4N4/c1-6-2-4-7-5-3-6;1-6-3-2-4-7-5-6;1-6-4-2-3-5-7-6;1-2-4-6-5-3-1;1-3-5-4-2-6-3;1-3-4-2-6-5-3;1-2-3-5-6-4-2/h3*2-5H,1H3;1-6H;2*2H,1H3;1H3,(H,3,4,5,6). The van der Waals surface area contributed by atoms with Gasteiger partial charge in [0.1, 0.15) is 0 Å². The fourth-order valence-electron chi connectivity index (χ4n) is 2.37. The van der Waals surface area contributed by atoms with Gasteiger partial charge in [-0.25, -0.2) is 0 Å². The van der Waals surface area contributed by atoms with E-state index in [0.29, 0.717) is 17.5 Å². The van der Waals surface area contributed by atoms with E-state index < -0.39 is 0 Å². The van der Waals surface area contributed by atoms with Crippen LogP contribution in [0.5, 0.6) is 0 Å². The lowest BCUT2D eigenvalue weighted by molar-refractivity contribution is 0.412. The van der Waals surface area contributed by atoms with E-state index in [1.807, 2.05) is 106 Å². The molecule has 0 aliphatic rings. The van der Waals surface area contributed by atoms with Crippen LogP contribution in [0.2, 0.25) is 0 Å². The van der Waals surface area contributed by atoms with Crippen LogP contribution in [0.3, 0.4) is 0 Å². The Hall–Kier alpha value is -5.98. The fraction of sp³-hybridized carbons (Fsp3) is 0.188. The quantitative estimate of drug-likeness (QED) is 0.209. The van der Waals surface area contributed by atoms with Crippen molar-refractivity contribution in [1.82, 2.24) is 55.9 Å². The Morgan fingerprint density at radius 2 is 1.29 bits per heavy atom. The van der Waals surface area contributed by atoms with E-state index in [4.69, 9.17) is 0 Å². The number of benzene rings is 1. The van der Waals surface area contributed by atoms with E-state index in [9.17, 15) is 0 Å². The number of tetrazole rings is 1. The van der Waals surface area contributed by atoms with Gasteiger partial charge in [0.15, 0.2) is 11.6 Å². The number of hydrogen-bond acceptors (Lipinski definition) is 12. The van der Waals surface area contributed by atoms with Gasteiger partial charge in [-0.2, -0.15) is 10.2 Å². The van der Waals surface area contributed by atoms with Crippen LogP contribution in [0.1, 0.15) is 34.4 Å². The molecule has 234 valence electrons. The maximum absolute atomic E-state index is 4.61. The third kappa shape index (κ3) is 24.3. The molecule has 0 aliphatic heterocycles. The first-order chi connectivity index (χ1) is 21.9. The molecule has 1 N–H and O–H groups in total. The Kier molecular flexibility index (Phi) is 21.2. The Bertz CT molecular complexity index is 1330. The van der Waals surface area contributed by atoms with Gasteiger partial charge in [0.05, 0.1) is 0 Å². The van der Waals surface area contributed by atoms with Gasteiger partial charge >= 0.3 is 0 Å². The van der Waals surface area contributed by atoms with E-state index >= 15 is 0 Å². The van der Waals surface area contributed by atoms with Crippen LogP contribution in [0.15, 0.2) is 132 Å². The van der Waals surface area contributed by atoms with Crippen molar-refractivity contribution in [2.45, 2.75) is 41.5 Å². The molecule has 45 heavy (non-hydrogen) atoms. The lowest BCUT2D eigenvalue weighted by Crippen LogP contribution is -1.72. The Morgan fingerprint density at radius 1 is 0.578 bits per heavy atom. The summed E-state index contributed by atoms with van der Waals surface area (Å²) in [5.74, 6) is 1.96. The predicted molar refractivity (Wildman–Crippen MR) is 170 cm³/mol. The van der Waals surface area contributed by atoms with Crippen molar-refractivity contribution in [2.24, 2.45) is 0 Å². The zero-order valence-electron chi connectivity index (χ0n) is 26.3. The molecule has 6 aromatic heterocycles. The lowest BCUT2D eigenvalue weighted by atomic mass is 10.3. The van der Waals surface area contributed by atoms with Gasteiger partial charge in [0.2, 0.25) is 18.7 Å². The summed E-state index contributed by atoms with van der Waals surface area (Å²) in [7, 11) is 0. The number of nitrogens with one attached hydrogen (secondary N) is 1. The third-order valence-corrected chi connectivity index (χ3v) is 4.53. The molecule has 0 fully saturated rings. The Morgan fingerprint density at radius 3 is 1.51 bits per heavy atom. The number of nitrogens with zero attached hydrogens (tertiary/aromatic N) is 10. The highest BCUT2D eigenvalue weighted by Crippen LogP contribution is 1.89. The summed E-state index contributed by atoms with van der Waals surface area (Å²) in [6.07, 6.45) is 11.6. The molecule has 0 atom stereocenters. The average Bonchev–Trinajstić information content (AvgIpc) is 3.87. The molecule has 7 rings (SSSR count). The summed E-state index contributed by atoms with van der Waals surface area (Å²) in [5.41, 5.74) is 3.54. The summed E-state index contributed by atoms with van der Waals surface area (Å²) in [6, 6.07) is 25.7. The van der Waals surface area contributed by atoms with Gasteiger partial charge in [-0.05, 0) is 76.1 Å². The molecule has 0 radical (unpaired) electrons. The summed E-state index contributed by atoms with van der Waals surface area (Å²) in [4.78, 5) is 15.3. The van der Waals surface area contributed by atoms with E-state index in [2.05, 4.69) is 64.9 Å². The molecule has 0 aliphatic carbocycles. The van der Waals surface area contributed by atoms with Gasteiger partial charge in [0, 0.05) is 43.6 Å². The van der Waals surface area contributed by atoms with Crippen LogP contribution in [0, 0.1) is 41.5 Å². The summed E-state index contributed by atoms with van der Waals surface area (Å²) >= 11 is 0. The van der Waals surface area contributed by atoms with Crippen LogP contribution in [0.4, 0.5) is 0 Å².